The lowest BCUT2D eigenvalue weighted by molar-refractivity contribution is 0.135. The third kappa shape index (κ3) is 1.59. The summed E-state index contributed by atoms with van der Waals surface area (Å²) in [6, 6.07) is 0. The minimum Gasteiger partial charge on any atom is -0.369 e. The average Bonchev–Trinajstić information content (AvgIpc) is 1.90. The molecule has 0 saturated carbocycles. The van der Waals surface area contributed by atoms with E-state index in [2.05, 4.69) is 11.4 Å². The summed E-state index contributed by atoms with van der Waals surface area (Å²) in [5.74, 6) is 0. The quantitative estimate of drug-likeness (QED) is 0.476. The normalized spacial score (nSPS) is 20.6. The first-order chi connectivity index (χ1) is 3.50. The zero-order chi connectivity index (χ0) is 4.95. The van der Waals surface area contributed by atoms with E-state index < -0.39 is 0 Å². The van der Waals surface area contributed by atoms with Crippen molar-refractivity contribution in [3.05, 3.63) is 12.3 Å². The van der Waals surface area contributed by atoms with Gasteiger partial charge in [-0.25, -0.2) is 0 Å². The van der Waals surface area contributed by atoms with Gasteiger partial charge in [-0.3, -0.25) is 0 Å². The maximum atomic E-state index is 5.02. The van der Waals surface area contributed by atoms with E-state index >= 15 is 0 Å². The minimum atomic E-state index is 0.663. The van der Waals surface area contributed by atoms with Crippen molar-refractivity contribution in [1.82, 2.24) is 5.32 Å². The van der Waals surface area contributed by atoms with E-state index in [4.69, 9.17) is 4.74 Å². The van der Waals surface area contributed by atoms with Crippen LogP contribution in [-0.4, -0.2) is 13.3 Å². The summed E-state index contributed by atoms with van der Waals surface area (Å²) in [6.45, 7) is 1.51. The van der Waals surface area contributed by atoms with Gasteiger partial charge in [-0.2, -0.15) is 0 Å². The highest BCUT2D eigenvalue weighted by molar-refractivity contribution is 4.79. The van der Waals surface area contributed by atoms with Crippen molar-refractivity contribution in [1.29, 1.82) is 0 Å². The molecule has 0 aliphatic carbocycles. The lowest BCUT2D eigenvalue weighted by Crippen LogP contribution is -2.07. The number of nitrogens with one attached hydrogen (secondary N) is 1. The molecule has 0 bridgehead atoms. The van der Waals surface area contributed by atoms with E-state index in [-0.39, 0.29) is 0 Å². The zero-order valence-corrected chi connectivity index (χ0v) is 4.18. The SMILES string of the molecule is C1=CNCOCC1. The van der Waals surface area contributed by atoms with Gasteiger partial charge in [-0.05, 0) is 12.6 Å². The van der Waals surface area contributed by atoms with E-state index in [1.54, 1.807) is 0 Å². The number of rotatable bonds is 0. The molecule has 0 aromatic heterocycles. The van der Waals surface area contributed by atoms with Crippen molar-refractivity contribution < 1.29 is 4.74 Å². The topological polar surface area (TPSA) is 21.3 Å². The average molecular weight is 99.1 g/mol. The number of ether oxygens (including phenoxy) is 1. The zero-order valence-electron chi connectivity index (χ0n) is 4.18. The number of hydrogen-bond acceptors (Lipinski definition) is 2. The number of hydrogen-bond donors (Lipinski definition) is 1. The molecule has 2 heteroatoms. The Kier molecular flexibility index (Phi) is 1.75. The van der Waals surface area contributed by atoms with Gasteiger partial charge in [-0.15, -0.1) is 0 Å². The molecule has 0 fully saturated rings. The lowest BCUT2D eigenvalue weighted by Gasteiger charge is -1.94. The molecule has 0 amide bonds. The Morgan fingerprint density at radius 2 is 2.57 bits per heavy atom. The van der Waals surface area contributed by atoms with Crippen LogP contribution in [0.25, 0.3) is 0 Å². The molecule has 1 heterocycles. The third-order valence-electron chi connectivity index (χ3n) is 0.850. The Labute approximate surface area is 43.2 Å². The van der Waals surface area contributed by atoms with Gasteiger partial charge in [-0.1, -0.05) is 6.08 Å². The molecule has 40 valence electrons. The van der Waals surface area contributed by atoms with E-state index in [0.717, 1.165) is 13.0 Å². The Hall–Kier alpha value is -0.500. The standard InChI is InChI=1S/C5H9NO/c1-2-4-7-5-6-3-1/h1,3,6H,2,4-5H2. The Morgan fingerprint density at radius 1 is 1.57 bits per heavy atom. The smallest absolute Gasteiger partial charge is 0.116 e. The molecule has 0 radical (unpaired) electrons. The molecule has 0 saturated heterocycles. The second kappa shape index (κ2) is 2.64. The van der Waals surface area contributed by atoms with Crippen LogP contribution < -0.4 is 5.32 Å². The van der Waals surface area contributed by atoms with Crippen LogP contribution in [-0.2, 0) is 4.74 Å². The highest BCUT2D eigenvalue weighted by Gasteiger charge is 1.85. The molecule has 1 aliphatic rings. The van der Waals surface area contributed by atoms with Gasteiger partial charge >= 0.3 is 0 Å². The summed E-state index contributed by atoms with van der Waals surface area (Å²) in [6.07, 6.45) is 5.02. The molecule has 2 nitrogen and oxygen atoms in total. The van der Waals surface area contributed by atoms with Crippen molar-refractivity contribution in [2.45, 2.75) is 6.42 Å². The van der Waals surface area contributed by atoms with Crippen LogP contribution >= 0.6 is 0 Å². The molecule has 1 aliphatic heterocycles. The van der Waals surface area contributed by atoms with Crippen molar-refractivity contribution >= 4 is 0 Å². The maximum absolute atomic E-state index is 5.02. The van der Waals surface area contributed by atoms with E-state index in [1.165, 1.54) is 0 Å². The molecule has 7 heavy (non-hydrogen) atoms. The maximum Gasteiger partial charge on any atom is 0.116 e. The van der Waals surface area contributed by atoms with Crippen molar-refractivity contribution in [3.8, 4) is 0 Å². The van der Waals surface area contributed by atoms with E-state index in [1.807, 2.05) is 6.20 Å². The predicted octanol–water partition coefficient (Wildman–Crippen LogP) is 0.467. The summed E-state index contributed by atoms with van der Waals surface area (Å²) in [7, 11) is 0. The molecule has 0 spiro atoms. The minimum absolute atomic E-state index is 0.663. The van der Waals surface area contributed by atoms with Crippen LogP contribution in [0.4, 0.5) is 0 Å². The summed E-state index contributed by atoms with van der Waals surface area (Å²) >= 11 is 0. The molecule has 0 aromatic rings. The highest BCUT2D eigenvalue weighted by Crippen LogP contribution is 1.86. The fourth-order valence-corrected chi connectivity index (χ4v) is 0.497. The van der Waals surface area contributed by atoms with E-state index in [9.17, 15) is 0 Å². The first-order valence-corrected chi connectivity index (χ1v) is 2.46. The highest BCUT2D eigenvalue weighted by atomic mass is 16.5. The summed E-state index contributed by atoms with van der Waals surface area (Å²) in [5, 5.41) is 2.94. The monoisotopic (exact) mass is 99.1 g/mol. The van der Waals surface area contributed by atoms with Crippen LogP contribution in [0.3, 0.4) is 0 Å². The molecular formula is C5H9NO. The van der Waals surface area contributed by atoms with Gasteiger partial charge in [0.2, 0.25) is 0 Å². The Morgan fingerprint density at radius 3 is 3.57 bits per heavy atom. The van der Waals surface area contributed by atoms with Gasteiger partial charge in [0.05, 0.1) is 6.61 Å². The predicted molar refractivity (Wildman–Crippen MR) is 27.7 cm³/mol. The van der Waals surface area contributed by atoms with Gasteiger partial charge in [0.1, 0.15) is 6.73 Å². The fourth-order valence-electron chi connectivity index (χ4n) is 0.497. The second-order valence-corrected chi connectivity index (χ2v) is 1.45. The Bertz CT molecular complexity index is 62.5. The van der Waals surface area contributed by atoms with Crippen LogP contribution in [0.1, 0.15) is 6.42 Å². The first kappa shape index (κ1) is 4.65. The summed E-state index contributed by atoms with van der Waals surface area (Å²) in [4.78, 5) is 0. The lowest BCUT2D eigenvalue weighted by atomic mass is 10.4. The molecule has 0 unspecified atom stereocenters. The van der Waals surface area contributed by atoms with E-state index in [0.29, 0.717) is 6.73 Å². The van der Waals surface area contributed by atoms with Crippen molar-refractivity contribution in [3.63, 3.8) is 0 Å². The second-order valence-electron chi connectivity index (χ2n) is 1.45. The van der Waals surface area contributed by atoms with Gasteiger partial charge in [0, 0.05) is 0 Å². The molecule has 1 rings (SSSR count). The van der Waals surface area contributed by atoms with Gasteiger partial charge in [0.25, 0.3) is 0 Å². The van der Waals surface area contributed by atoms with Crippen LogP contribution in [0, 0.1) is 0 Å². The first-order valence-electron chi connectivity index (χ1n) is 2.46. The van der Waals surface area contributed by atoms with Crippen molar-refractivity contribution in [2.24, 2.45) is 0 Å². The summed E-state index contributed by atoms with van der Waals surface area (Å²) in [5.41, 5.74) is 0. The van der Waals surface area contributed by atoms with Gasteiger partial charge in [0.15, 0.2) is 0 Å². The van der Waals surface area contributed by atoms with Crippen LogP contribution in [0.2, 0.25) is 0 Å². The third-order valence-corrected chi connectivity index (χ3v) is 0.850. The largest absolute Gasteiger partial charge is 0.369 e. The molecule has 0 atom stereocenters. The Balaban J connectivity index is 2.20. The van der Waals surface area contributed by atoms with Gasteiger partial charge < -0.3 is 10.1 Å². The fraction of sp³-hybridized carbons (Fsp3) is 0.600. The van der Waals surface area contributed by atoms with Crippen molar-refractivity contribution in [2.75, 3.05) is 13.3 Å². The van der Waals surface area contributed by atoms with Crippen LogP contribution in [0.5, 0.6) is 0 Å². The summed E-state index contributed by atoms with van der Waals surface area (Å²) < 4.78 is 5.02. The molecule has 1 N–H and O–H groups in total. The molecule has 0 aromatic carbocycles. The van der Waals surface area contributed by atoms with Crippen LogP contribution in [0.15, 0.2) is 12.3 Å². The molecular weight excluding hydrogens is 90.1 g/mol.